The van der Waals surface area contributed by atoms with Crippen molar-refractivity contribution in [3.05, 3.63) is 35.9 Å². The average molecular weight is 248 g/mol. The van der Waals surface area contributed by atoms with E-state index in [2.05, 4.69) is 5.32 Å². The largest absolute Gasteiger partial charge is 0.392 e. The summed E-state index contributed by atoms with van der Waals surface area (Å²) in [6.07, 6.45) is 2.69. The highest BCUT2D eigenvalue weighted by Crippen LogP contribution is 2.12. The molecule has 18 heavy (non-hydrogen) atoms. The van der Waals surface area contributed by atoms with E-state index in [9.17, 15) is 4.79 Å². The number of hydrogen-bond acceptors (Lipinski definition) is 3. The van der Waals surface area contributed by atoms with E-state index in [4.69, 9.17) is 5.11 Å². The van der Waals surface area contributed by atoms with E-state index in [0.717, 1.165) is 11.3 Å². The van der Waals surface area contributed by atoms with E-state index < -0.39 is 6.10 Å². The molecule has 1 aromatic rings. The SMILES string of the molecule is C[C@@H](O)CNC(=O)/C=C/c1ccc(N(C)C)cc1. The van der Waals surface area contributed by atoms with Crippen molar-refractivity contribution in [1.29, 1.82) is 0 Å². The second-order valence-electron chi connectivity index (χ2n) is 4.41. The molecule has 4 heteroatoms. The minimum Gasteiger partial charge on any atom is -0.392 e. The third-order valence-electron chi connectivity index (χ3n) is 2.41. The quantitative estimate of drug-likeness (QED) is 0.771. The summed E-state index contributed by atoms with van der Waals surface area (Å²) in [5.41, 5.74) is 2.08. The number of hydrogen-bond donors (Lipinski definition) is 2. The second kappa shape index (κ2) is 6.81. The Hall–Kier alpha value is -1.81. The molecule has 1 aromatic carbocycles. The first kappa shape index (κ1) is 14.3. The monoisotopic (exact) mass is 248 g/mol. The minimum absolute atomic E-state index is 0.201. The molecule has 0 spiro atoms. The average Bonchev–Trinajstić information content (AvgIpc) is 2.34. The van der Waals surface area contributed by atoms with Gasteiger partial charge in [-0.1, -0.05) is 12.1 Å². The highest BCUT2D eigenvalue weighted by molar-refractivity contribution is 5.91. The highest BCUT2D eigenvalue weighted by atomic mass is 16.3. The van der Waals surface area contributed by atoms with Gasteiger partial charge in [-0.2, -0.15) is 0 Å². The third-order valence-corrected chi connectivity index (χ3v) is 2.41. The van der Waals surface area contributed by atoms with Crippen LogP contribution in [0.2, 0.25) is 0 Å². The Bertz CT molecular complexity index is 408. The lowest BCUT2D eigenvalue weighted by Crippen LogP contribution is -2.28. The van der Waals surface area contributed by atoms with Crippen molar-refractivity contribution in [2.45, 2.75) is 13.0 Å². The summed E-state index contributed by atoms with van der Waals surface area (Å²) >= 11 is 0. The predicted octanol–water partition coefficient (Wildman–Crippen LogP) is 1.26. The van der Waals surface area contributed by atoms with E-state index in [0.29, 0.717) is 0 Å². The lowest BCUT2D eigenvalue weighted by molar-refractivity contribution is -0.116. The zero-order valence-electron chi connectivity index (χ0n) is 11.1. The molecule has 0 aromatic heterocycles. The first-order valence-corrected chi connectivity index (χ1v) is 5.90. The first-order valence-electron chi connectivity index (χ1n) is 5.90. The zero-order chi connectivity index (χ0) is 13.5. The van der Waals surface area contributed by atoms with Crippen LogP contribution >= 0.6 is 0 Å². The Kier molecular flexibility index (Phi) is 5.39. The van der Waals surface area contributed by atoms with Crippen molar-refractivity contribution in [2.75, 3.05) is 25.5 Å². The Morgan fingerprint density at radius 1 is 1.39 bits per heavy atom. The molecule has 0 radical (unpaired) electrons. The Labute approximate surface area is 108 Å². The fourth-order valence-corrected chi connectivity index (χ4v) is 1.36. The highest BCUT2D eigenvalue weighted by Gasteiger charge is 1.98. The molecule has 98 valence electrons. The van der Waals surface area contributed by atoms with Gasteiger partial charge in [-0.15, -0.1) is 0 Å². The molecule has 0 saturated carbocycles. The number of benzene rings is 1. The van der Waals surface area contributed by atoms with Crippen LogP contribution in [0.15, 0.2) is 30.3 Å². The van der Waals surface area contributed by atoms with E-state index in [1.165, 1.54) is 6.08 Å². The fraction of sp³-hybridized carbons (Fsp3) is 0.357. The predicted molar refractivity (Wildman–Crippen MR) is 74.5 cm³/mol. The molecule has 0 aliphatic carbocycles. The molecule has 0 heterocycles. The maximum Gasteiger partial charge on any atom is 0.244 e. The van der Waals surface area contributed by atoms with Gasteiger partial charge in [0, 0.05) is 32.4 Å². The van der Waals surface area contributed by atoms with Crippen LogP contribution < -0.4 is 10.2 Å². The molecule has 1 rings (SSSR count). The number of aliphatic hydroxyl groups excluding tert-OH is 1. The van der Waals surface area contributed by atoms with E-state index in [1.807, 2.05) is 43.3 Å². The summed E-state index contributed by atoms with van der Waals surface area (Å²) in [4.78, 5) is 13.4. The third kappa shape index (κ3) is 5.01. The van der Waals surface area contributed by atoms with Crippen molar-refractivity contribution in [2.24, 2.45) is 0 Å². The number of carbonyl (C=O) groups is 1. The maximum atomic E-state index is 11.4. The smallest absolute Gasteiger partial charge is 0.244 e. The number of anilines is 1. The molecule has 0 saturated heterocycles. The standard InChI is InChI=1S/C14H20N2O2/c1-11(17)10-15-14(18)9-6-12-4-7-13(8-5-12)16(2)3/h4-9,11,17H,10H2,1-3H3,(H,15,18)/b9-6+/t11-/m1/s1. The van der Waals surface area contributed by atoms with Crippen LogP contribution in [0.25, 0.3) is 6.08 Å². The van der Waals surface area contributed by atoms with Gasteiger partial charge in [-0.25, -0.2) is 0 Å². The number of nitrogens with zero attached hydrogens (tertiary/aromatic N) is 1. The van der Waals surface area contributed by atoms with Crippen molar-refractivity contribution in [1.82, 2.24) is 5.32 Å². The fourth-order valence-electron chi connectivity index (χ4n) is 1.36. The van der Waals surface area contributed by atoms with Gasteiger partial charge < -0.3 is 15.3 Å². The number of carbonyl (C=O) groups excluding carboxylic acids is 1. The van der Waals surface area contributed by atoms with Gasteiger partial charge in [0.1, 0.15) is 0 Å². The van der Waals surface area contributed by atoms with Crippen LogP contribution in [0.5, 0.6) is 0 Å². The number of rotatable bonds is 5. The van der Waals surface area contributed by atoms with Gasteiger partial charge in [0.05, 0.1) is 6.10 Å². The molecule has 2 N–H and O–H groups in total. The molecule has 1 amide bonds. The molecule has 1 atom stereocenters. The van der Waals surface area contributed by atoms with Gasteiger partial charge in [0.15, 0.2) is 0 Å². The van der Waals surface area contributed by atoms with Crippen LogP contribution in [0.1, 0.15) is 12.5 Å². The van der Waals surface area contributed by atoms with E-state index in [1.54, 1.807) is 13.0 Å². The van der Waals surface area contributed by atoms with Gasteiger partial charge in [-0.3, -0.25) is 4.79 Å². The van der Waals surface area contributed by atoms with Crippen molar-refractivity contribution >= 4 is 17.7 Å². The topological polar surface area (TPSA) is 52.6 Å². The zero-order valence-corrected chi connectivity index (χ0v) is 11.1. The van der Waals surface area contributed by atoms with Crippen LogP contribution in [-0.4, -0.2) is 37.8 Å². The van der Waals surface area contributed by atoms with Gasteiger partial charge in [-0.05, 0) is 30.7 Å². The van der Waals surface area contributed by atoms with Gasteiger partial charge in [0.2, 0.25) is 5.91 Å². The van der Waals surface area contributed by atoms with Crippen LogP contribution in [0.3, 0.4) is 0 Å². The number of aliphatic hydroxyl groups is 1. The summed E-state index contributed by atoms with van der Waals surface area (Å²) in [5, 5.41) is 11.6. The molecular formula is C14H20N2O2. The molecule has 4 nitrogen and oxygen atoms in total. The first-order chi connectivity index (χ1) is 8.49. The summed E-state index contributed by atoms with van der Waals surface area (Å²) < 4.78 is 0. The van der Waals surface area contributed by atoms with Gasteiger partial charge >= 0.3 is 0 Å². The summed E-state index contributed by atoms with van der Waals surface area (Å²) in [6.45, 7) is 1.90. The Morgan fingerprint density at radius 3 is 2.50 bits per heavy atom. The second-order valence-corrected chi connectivity index (χ2v) is 4.41. The van der Waals surface area contributed by atoms with Crippen LogP contribution in [0, 0.1) is 0 Å². The van der Waals surface area contributed by atoms with Crippen molar-refractivity contribution in [3.8, 4) is 0 Å². The normalized spacial score (nSPS) is 12.4. The van der Waals surface area contributed by atoms with Crippen LogP contribution in [-0.2, 0) is 4.79 Å². The minimum atomic E-state index is -0.526. The molecule has 0 aliphatic rings. The lowest BCUT2D eigenvalue weighted by atomic mass is 10.2. The summed E-state index contributed by atoms with van der Waals surface area (Å²) in [6, 6.07) is 7.89. The van der Waals surface area contributed by atoms with E-state index >= 15 is 0 Å². The van der Waals surface area contributed by atoms with Crippen molar-refractivity contribution < 1.29 is 9.90 Å². The number of amides is 1. The molecule has 0 aliphatic heterocycles. The van der Waals surface area contributed by atoms with Crippen molar-refractivity contribution in [3.63, 3.8) is 0 Å². The molecule has 0 fully saturated rings. The molecule has 0 unspecified atom stereocenters. The Morgan fingerprint density at radius 2 is 2.00 bits per heavy atom. The summed E-state index contributed by atoms with van der Waals surface area (Å²) in [7, 11) is 3.96. The molecule has 0 bridgehead atoms. The maximum absolute atomic E-state index is 11.4. The summed E-state index contributed by atoms with van der Waals surface area (Å²) in [5.74, 6) is -0.201. The van der Waals surface area contributed by atoms with Crippen LogP contribution in [0.4, 0.5) is 5.69 Å². The number of nitrogens with one attached hydrogen (secondary N) is 1. The Balaban J connectivity index is 2.53. The van der Waals surface area contributed by atoms with Gasteiger partial charge in [0.25, 0.3) is 0 Å². The van der Waals surface area contributed by atoms with E-state index in [-0.39, 0.29) is 12.5 Å². The lowest BCUT2D eigenvalue weighted by Gasteiger charge is -2.11. The molecular weight excluding hydrogens is 228 g/mol.